The van der Waals surface area contributed by atoms with Crippen molar-refractivity contribution in [1.82, 2.24) is 20.2 Å². The molecule has 1 aromatic carbocycles. The molecular weight excluding hydrogens is 278 g/mol. The van der Waals surface area contributed by atoms with E-state index in [1.54, 1.807) is 12.0 Å². The molecule has 2 aromatic rings. The lowest BCUT2D eigenvalue weighted by Crippen LogP contribution is -3.10. The van der Waals surface area contributed by atoms with E-state index < -0.39 is 0 Å². The summed E-state index contributed by atoms with van der Waals surface area (Å²) in [6.45, 7) is 4.09. The quantitative estimate of drug-likeness (QED) is 0.883. The number of aromatic nitrogens is 4. The van der Waals surface area contributed by atoms with Crippen LogP contribution in [0.25, 0.3) is 0 Å². The number of likely N-dealkylation sites (tertiary alicyclic amines) is 1. The molecule has 118 valence electrons. The van der Waals surface area contributed by atoms with E-state index in [9.17, 15) is 0 Å². The van der Waals surface area contributed by atoms with E-state index >= 15 is 0 Å². The molecule has 0 spiro atoms. The SMILES string of the molecule is COc1ccc(Cn2nnnc2C[NH+]2CCCCCC2)cc1. The lowest BCUT2D eigenvalue weighted by atomic mass is 10.2. The summed E-state index contributed by atoms with van der Waals surface area (Å²) in [6, 6.07) is 8.06. The molecular formula is C16H24N5O+. The third-order valence-corrected chi connectivity index (χ3v) is 4.32. The Balaban J connectivity index is 1.65. The van der Waals surface area contributed by atoms with Crippen LogP contribution in [0, 0.1) is 0 Å². The molecule has 3 rings (SSSR count). The molecule has 1 N–H and O–H groups in total. The minimum Gasteiger partial charge on any atom is -0.497 e. The van der Waals surface area contributed by atoms with Crippen LogP contribution in [0.5, 0.6) is 5.75 Å². The summed E-state index contributed by atoms with van der Waals surface area (Å²) in [7, 11) is 1.68. The minimum atomic E-state index is 0.708. The van der Waals surface area contributed by atoms with Crippen LogP contribution in [0.15, 0.2) is 24.3 Å². The molecule has 1 saturated heterocycles. The first-order valence-corrected chi connectivity index (χ1v) is 8.06. The molecule has 0 amide bonds. The number of methoxy groups -OCH3 is 1. The van der Waals surface area contributed by atoms with Gasteiger partial charge in [-0.1, -0.05) is 12.1 Å². The van der Waals surface area contributed by atoms with E-state index in [0.717, 1.165) is 18.1 Å². The van der Waals surface area contributed by atoms with Crippen LogP contribution in [-0.4, -0.2) is 40.4 Å². The molecule has 0 atom stereocenters. The van der Waals surface area contributed by atoms with Crippen molar-refractivity contribution in [3.8, 4) is 5.75 Å². The van der Waals surface area contributed by atoms with Crippen molar-refractivity contribution in [1.29, 1.82) is 0 Å². The molecule has 1 aromatic heterocycles. The van der Waals surface area contributed by atoms with Crippen molar-refractivity contribution in [3.63, 3.8) is 0 Å². The van der Waals surface area contributed by atoms with Crippen LogP contribution in [0.4, 0.5) is 0 Å². The Morgan fingerprint density at radius 2 is 1.82 bits per heavy atom. The summed E-state index contributed by atoms with van der Waals surface area (Å²) in [6.07, 6.45) is 5.35. The maximum atomic E-state index is 5.19. The maximum absolute atomic E-state index is 5.19. The van der Waals surface area contributed by atoms with Crippen molar-refractivity contribution in [2.45, 2.75) is 38.8 Å². The first kappa shape index (κ1) is 15.0. The van der Waals surface area contributed by atoms with E-state index in [0.29, 0.717) is 6.54 Å². The van der Waals surface area contributed by atoms with Crippen LogP contribution < -0.4 is 9.64 Å². The van der Waals surface area contributed by atoms with Gasteiger partial charge in [0.2, 0.25) is 5.82 Å². The van der Waals surface area contributed by atoms with Crippen molar-refractivity contribution < 1.29 is 9.64 Å². The fourth-order valence-corrected chi connectivity index (χ4v) is 3.01. The molecule has 1 fully saturated rings. The van der Waals surface area contributed by atoms with Crippen LogP contribution in [0.3, 0.4) is 0 Å². The van der Waals surface area contributed by atoms with Gasteiger partial charge in [-0.3, -0.25) is 0 Å². The Morgan fingerprint density at radius 1 is 1.09 bits per heavy atom. The predicted octanol–water partition coefficient (Wildman–Crippen LogP) is 0.689. The summed E-state index contributed by atoms with van der Waals surface area (Å²) >= 11 is 0. The van der Waals surface area contributed by atoms with Gasteiger partial charge in [0.25, 0.3) is 0 Å². The first-order valence-electron chi connectivity index (χ1n) is 8.06. The van der Waals surface area contributed by atoms with Gasteiger partial charge in [-0.05, 0) is 53.8 Å². The molecule has 0 bridgehead atoms. The number of nitrogens with zero attached hydrogens (tertiary/aromatic N) is 4. The minimum absolute atomic E-state index is 0.708. The van der Waals surface area contributed by atoms with Crippen LogP contribution in [0.2, 0.25) is 0 Å². The number of nitrogens with one attached hydrogen (secondary N) is 1. The number of rotatable bonds is 5. The van der Waals surface area contributed by atoms with Crippen molar-refractivity contribution >= 4 is 0 Å². The lowest BCUT2D eigenvalue weighted by Gasteiger charge is -2.16. The average molecular weight is 302 g/mol. The molecule has 6 heteroatoms. The Hall–Kier alpha value is -1.95. The van der Waals surface area contributed by atoms with Gasteiger partial charge < -0.3 is 9.64 Å². The van der Waals surface area contributed by atoms with Gasteiger partial charge in [0.05, 0.1) is 26.7 Å². The highest BCUT2D eigenvalue weighted by Crippen LogP contribution is 2.12. The van der Waals surface area contributed by atoms with Gasteiger partial charge in [0.15, 0.2) is 0 Å². The number of benzene rings is 1. The Morgan fingerprint density at radius 3 is 2.50 bits per heavy atom. The summed E-state index contributed by atoms with van der Waals surface area (Å²) < 4.78 is 7.11. The van der Waals surface area contributed by atoms with Crippen LogP contribution in [0.1, 0.15) is 37.1 Å². The summed E-state index contributed by atoms with van der Waals surface area (Å²) in [5.41, 5.74) is 1.18. The maximum Gasteiger partial charge on any atom is 0.206 e. The van der Waals surface area contributed by atoms with Crippen LogP contribution >= 0.6 is 0 Å². The van der Waals surface area contributed by atoms with Gasteiger partial charge in [-0.25, -0.2) is 4.68 Å². The predicted molar refractivity (Wildman–Crippen MR) is 82.8 cm³/mol. The monoisotopic (exact) mass is 302 g/mol. The summed E-state index contributed by atoms with van der Waals surface area (Å²) in [5, 5.41) is 12.2. The number of quaternary nitrogens is 1. The number of ether oxygens (including phenoxy) is 1. The van der Waals surface area contributed by atoms with Crippen molar-refractivity contribution in [2.75, 3.05) is 20.2 Å². The summed E-state index contributed by atoms with van der Waals surface area (Å²) in [5.74, 6) is 1.85. The average Bonchev–Trinajstić information content (AvgIpc) is 2.82. The van der Waals surface area contributed by atoms with Gasteiger partial charge in [0, 0.05) is 0 Å². The Bertz CT molecular complexity index is 572. The molecule has 22 heavy (non-hydrogen) atoms. The molecule has 1 aliphatic heterocycles. The normalized spacial score (nSPS) is 16.4. The number of hydrogen-bond acceptors (Lipinski definition) is 4. The molecule has 0 saturated carbocycles. The highest BCUT2D eigenvalue weighted by molar-refractivity contribution is 5.27. The smallest absolute Gasteiger partial charge is 0.206 e. The second-order valence-corrected chi connectivity index (χ2v) is 5.94. The molecule has 0 unspecified atom stereocenters. The van der Waals surface area contributed by atoms with Crippen LogP contribution in [-0.2, 0) is 13.1 Å². The van der Waals surface area contributed by atoms with E-state index in [2.05, 4.69) is 27.7 Å². The third-order valence-electron chi connectivity index (χ3n) is 4.32. The van der Waals surface area contributed by atoms with Crippen molar-refractivity contribution in [3.05, 3.63) is 35.7 Å². The molecule has 1 aliphatic rings. The lowest BCUT2D eigenvalue weighted by molar-refractivity contribution is -0.913. The number of tetrazole rings is 1. The third kappa shape index (κ3) is 3.82. The highest BCUT2D eigenvalue weighted by Gasteiger charge is 2.17. The molecule has 0 radical (unpaired) electrons. The largest absolute Gasteiger partial charge is 0.497 e. The zero-order valence-electron chi connectivity index (χ0n) is 13.2. The zero-order valence-corrected chi connectivity index (χ0v) is 13.2. The summed E-state index contributed by atoms with van der Waals surface area (Å²) in [4.78, 5) is 1.60. The highest BCUT2D eigenvalue weighted by atomic mass is 16.5. The fourth-order valence-electron chi connectivity index (χ4n) is 3.01. The topological polar surface area (TPSA) is 57.3 Å². The number of hydrogen-bond donors (Lipinski definition) is 1. The van der Waals surface area contributed by atoms with Gasteiger partial charge in [-0.2, -0.15) is 0 Å². The Kier molecular flexibility index (Phi) is 5.00. The van der Waals surface area contributed by atoms with Gasteiger partial charge >= 0.3 is 0 Å². The van der Waals surface area contributed by atoms with Crippen molar-refractivity contribution in [2.24, 2.45) is 0 Å². The fraction of sp³-hybridized carbons (Fsp3) is 0.562. The second kappa shape index (κ2) is 7.35. The zero-order chi connectivity index (χ0) is 15.2. The van der Waals surface area contributed by atoms with E-state index in [-0.39, 0.29) is 0 Å². The Labute approximate surface area is 131 Å². The van der Waals surface area contributed by atoms with Gasteiger partial charge in [0.1, 0.15) is 12.3 Å². The molecule has 6 nitrogen and oxygen atoms in total. The van der Waals surface area contributed by atoms with E-state index in [1.165, 1.54) is 44.3 Å². The van der Waals surface area contributed by atoms with Gasteiger partial charge in [-0.15, -0.1) is 5.10 Å². The second-order valence-electron chi connectivity index (χ2n) is 5.94. The van der Waals surface area contributed by atoms with E-state index in [1.807, 2.05) is 16.8 Å². The standard InChI is InChI=1S/C16H23N5O/c1-22-15-8-6-14(7-9-15)12-21-16(17-18-19-21)13-20-10-4-2-3-5-11-20/h6-9H,2-5,10-13H2,1H3/p+1. The first-order chi connectivity index (χ1) is 10.8. The molecule has 2 heterocycles. The van der Waals surface area contributed by atoms with E-state index in [4.69, 9.17) is 4.74 Å². The molecule has 0 aliphatic carbocycles.